The Hall–Kier alpha value is 0. The summed E-state index contributed by atoms with van der Waals surface area (Å²) in [6.45, 7) is 15.0. The van der Waals surface area contributed by atoms with E-state index in [4.69, 9.17) is 0 Å². The third-order valence-electron chi connectivity index (χ3n) is 2.54. The molecule has 0 spiro atoms. The molecule has 1 aliphatic carbocycles. The Labute approximate surface area is 79.8 Å². The second kappa shape index (κ2) is 9.09. The largest absolute Gasteiger partial charge is 0.0683 e. The molecule has 0 aliphatic heterocycles. The fourth-order valence-corrected chi connectivity index (χ4v) is 1.68. The molecule has 2 unspecified atom stereocenters. The molecule has 0 heteroatoms. The predicted molar refractivity (Wildman–Crippen MR) is 59.4 cm³/mol. The van der Waals surface area contributed by atoms with E-state index in [0.717, 1.165) is 17.8 Å². The molecule has 0 nitrogen and oxygen atoms in total. The molecule has 0 aromatic rings. The first-order chi connectivity index (χ1) is 5.72. The molecule has 0 heterocycles. The minimum Gasteiger partial charge on any atom is -0.0683 e. The van der Waals surface area contributed by atoms with Gasteiger partial charge in [0.25, 0.3) is 0 Å². The van der Waals surface area contributed by atoms with E-state index in [-0.39, 0.29) is 0 Å². The van der Waals surface area contributed by atoms with Gasteiger partial charge in [-0.15, -0.1) is 0 Å². The molecule has 0 saturated heterocycles. The molecule has 76 valence electrons. The van der Waals surface area contributed by atoms with Crippen molar-refractivity contribution in [2.45, 2.75) is 61.3 Å². The SMILES string of the molecule is CC.CC.CC(C)C1CCC1C. The molecule has 1 saturated carbocycles. The molecule has 0 N–H and O–H groups in total. The summed E-state index contributed by atoms with van der Waals surface area (Å²) < 4.78 is 0. The summed E-state index contributed by atoms with van der Waals surface area (Å²) in [5, 5.41) is 0. The van der Waals surface area contributed by atoms with Crippen LogP contribution in [0.3, 0.4) is 0 Å². The first-order valence-electron chi connectivity index (χ1n) is 5.72. The second-order valence-corrected chi connectivity index (χ2v) is 3.46. The molecule has 1 fully saturated rings. The van der Waals surface area contributed by atoms with E-state index >= 15 is 0 Å². The highest BCUT2D eigenvalue weighted by atomic mass is 14.3. The molecular weight excluding hydrogens is 144 g/mol. The minimum atomic E-state index is 0.929. The van der Waals surface area contributed by atoms with E-state index in [1.807, 2.05) is 27.7 Å². The van der Waals surface area contributed by atoms with E-state index in [9.17, 15) is 0 Å². The van der Waals surface area contributed by atoms with E-state index in [1.54, 1.807) is 0 Å². The highest BCUT2D eigenvalue weighted by Crippen LogP contribution is 2.38. The lowest BCUT2D eigenvalue weighted by Gasteiger charge is -2.36. The maximum atomic E-state index is 2.37. The van der Waals surface area contributed by atoms with Gasteiger partial charge >= 0.3 is 0 Å². The summed E-state index contributed by atoms with van der Waals surface area (Å²) in [6.07, 6.45) is 2.96. The standard InChI is InChI=1S/C8H16.2C2H6/c1-6(2)8-5-4-7(8)3;2*1-2/h6-8H,4-5H2,1-3H3;2*1-2H3. The van der Waals surface area contributed by atoms with E-state index in [2.05, 4.69) is 20.8 Å². The van der Waals surface area contributed by atoms with Crippen molar-refractivity contribution < 1.29 is 0 Å². The minimum absolute atomic E-state index is 0.929. The van der Waals surface area contributed by atoms with Gasteiger partial charge in [0.1, 0.15) is 0 Å². The fourth-order valence-electron chi connectivity index (χ4n) is 1.68. The maximum absolute atomic E-state index is 2.37. The van der Waals surface area contributed by atoms with Gasteiger partial charge in [0.05, 0.1) is 0 Å². The zero-order chi connectivity index (χ0) is 10.1. The molecule has 2 atom stereocenters. The van der Waals surface area contributed by atoms with Crippen LogP contribution in [0.4, 0.5) is 0 Å². The smallest absolute Gasteiger partial charge is 0.0365 e. The lowest BCUT2D eigenvalue weighted by Crippen LogP contribution is -2.27. The van der Waals surface area contributed by atoms with Gasteiger partial charge in [0.2, 0.25) is 0 Å². The molecule has 1 rings (SSSR count). The molecule has 0 bridgehead atoms. The van der Waals surface area contributed by atoms with Crippen LogP contribution in [0.25, 0.3) is 0 Å². The van der Waals surface area contributed by atoms with Crippen LogP contribution < -0.4 is 0 Å². The van der Waals surface area contributed by atoms with E-state index in [0.29, 0.717) is 0 Å². The number of hydrogen-bond donors (Lipinski definition) is 0. The predicted octanol–water partition coefficient (Wildman–Crippen LogP) is 4.74. The fraction of sp³-hybridized carbons (Fsp3) is 1.00. The highest BCUT2D eigenvalue weighted by molar-refractivity contribution is 4.78. The Balaban J connectivity index is 0. The first-order valence-corrected chi connectivity index (χ1v) is 5.72. The van der Waals surface area contributed by atoms with Crippen molar-refractivity contribution in [1.29, 1.82) is 0 Å². The molecule has 1 aliphatic rings. The van der Waals surface area contributed by atoms with Crippen LogP contribution >= 0.6 is 0 Å². The molecule has 0 amide bonds. The van der Waals surface area contributed by atoms with Crippen LogP contribution in [-0.2, 0) is 0 Å². The third kappa shape index (κ3) is 4.79. The Morgan fingerprint density at radius 3 is 1.33 bits per heavy atom. The average Bonchev–Trinajstić information content (AvgIpc) is 2.08. The molecule has 12 heavy (non-hydrogen) atoms. The van der Waals surface area contributed by atoms with Crippen LogP contribution in [0, 0.1) is 17.8 Å². The van der Waals surface area contributed by atoms with Gasteiger partial charge in [-0.05, 0) is 24.2 Å². The van der Waals surface area contributed by atoms with Gasteiger partial charge in [0.15, 0.2) is 0 Å². The van der Waals surface area contributed by atoms with Gasteiger partial charge in [0, 0.05) is 0 Å². The Kier molecular flexibility index (Phi) is 11.0. The van der Waals surface area contributed by atoms with E-state index in [1.165, 1.54) is 12.8 Å². The summed E-state index contributed by atoms with van der Waals surface area (Å²) in [5.41, 5.74) is 0. The number of rotatable bonds is 1. The number of hydrogen-bond acceptors (Lipinski definition) is 0. The van der Waals surface area contributed by atoms with Crippen molar-refractivity contribution in [2.24, 2.45) is 17.8 Å². The van der Waals surface area contributed by atoms with Crippen LogP contribution in [0.1, 0.15) is 61.3 Å². The topological polar surface area (TPSA) is 0 Å². The summed E-state index contributed by atoms with van der Waals surface area (Å²) in [6, 6.07) is 0. The van der Waals surface area contributed by atoms with Gasteiger partial charge < -0.3 is 0 Å². The van der Waals surface area contributed by atoms with Crippen molar-refractivity contribution in [1.82, 2.24) is 0 Å². The Morgan fingerprint density at radius 1 is 0.917 bits per heavy atom. The first kappa shape index (κ1) is 14.5. The van der Waals surface area contributed by atoms with Crippen molar-refractivity contribution in [3.05, 3.63) is 0 Å². The zero-order valence-corrected chi connectivity index (χ0v) is 10.1. The summed E-state index contributed by atoms with van der Waals surface area (Å²) in [4.78, 5) is 0. The van der Waals surface area contributed by atoms with Gasteiger partial charge in [-0.1, -0.05) is 54.9 Å². The van der Waals surface area contributed by atoms with Crippen LogP contribution in [0.5, 0.6) is 0 Å². The normalized spacial score (nSPS) is 26.0. The average molecular weight is 172 g/mol. The maximum Gasteiger partial charge on any atom is -0.0365 e. The van der Waals surface area contributed by atoms with Crippen LogP contribution in [0.2, 0.25) is 0 Å². The van der Waals surface area contributed by atoms with Gasteiger partial charge in [-0.2, -0.15) is 0 Å². The lowest BCUT2D eigenvalue weighted by atomic mass is 9.69. The van der Waals surface area contributed by atoms with Crippen molar-refractivity contribution in [3.63, 3.8) is 0 Å². The van der Waals surface area contributed by atoms with Gasteiger partial charge in [-0.25, -0.2) is 0 Å². The quantitative estimate of drug-likeness (QED) is 0.536. The van der Waals surface area contributed by atoms with Crippen molar-refractivity contribution in [3.8, 4) is 0 Å². The lowest BCUT2D eigenvalue weighted by molar-refractivity contribution is 0.139. The highest BCUT2D eigenvalue weighted by Gasteiger charge is 2.28. The summed E-state index contributed by atoms with van der Waals surface area (Å²) in [5.74, 6) is 3.00. The second-order valence-electron chi connectivity index (χ2n) is 3.46. The zero-order valence-electron chi connectivity index (χ0n) is 10.1. The van der Waals surface area contributed by atoms with Gasteiger partial charge in [-0.3, -0.25) is 0 Å². The summed E-state index contributed by atoms with van der Waals surface area (Å²) >= 11 is 0. The van der Waals surface area contributed by atoms with Crippen LogP contribution in [-0.4, -0.2) is 0 Å². The Morgan fingerprint density at radius 2 is 1.33 bits per heavy atom. The monoisotopic (exact) mass is 172 g/mol. The van der Waals surface area contributed by atoms with E-state index < -0.39 is 0 Å². The molecule has 0 aromatic carbocycles. The molecular formula is C12H28. The molecule has 0 aromatic heterocycles. The van der Waals surface area contributed by atoms with Crippen LogP contribution in [0.15, 0.2) is 0 Å². The third-order valence-corrected chi connectivity index (χ3v) is 2.54. The molecule has 0 radical (unpaired) electrons. The van der Waals surface area contributed by atoms with Crippen molar-refractivity contribution in [2.75, 3.05) is 0 Å². The summed E-state index contributed by atoms with van der Waals surface area (Å²) in [7, 11) is 0. The van der Waals surface area contributed by atoms with Crippen molar-refractivity contribution >= 4 is 0 Å². The Bertz CT molecular complexity index is 69.4.